The van der Waals surface area contributed by atoms with Gasteiger partial charge in [0.15, 0.2) is 0 Å². The molecule has 1 N–H and O–H groups in total. The van der Waals surface area contributed by atoms with Gasteiger partial charge in [0.2, 0.25) is 0 Å². The molecule has 2 aromatic carbocycles. The molecule has 1 amide bonds. The second-order valence-electron chi connectivity index (χ2n) is 5.66. The number of hydrogen-bond donors (Lipinski definition) is 1. The zero-order valence-electron chi connectivity index (χ0n) is 14.3. The topological polar surface area (TPSA) is 65.8 Å². The van der Waals surface area contributed by atoms with Gasteiger partial charge in [0.05, 0.1) is 23.4 Å². The molecule has 0 radical (unpaired) electrons. The summed E-state index contributed by atoms with van der Waals surface area (Å²) < 4.78 is 0. The summed E-state index contributed by atoms with van der Waals surface area (Å²) in [5.41, 5.74) is 3.06. The average Bonchev–Trinajstić information content (AvgIpc) is 2.68. The van der Waals surface area contributed by atoms with Crippen LogP contribution in [0.15, 0.2) is 76.7 Å². The van der Waals surface area contributed by atoms with Crippen LogP contribution >= 0.6 is 11.8 Å². The van der Waals surface area contributed by atoms with Crippen molar-refractivity contribution >= 4 is 17.7 Å². The molecule has 0 aliphatic rings. The van der Waals surface area contributed by atoms with E-state index in [1.807, 2.05) is 55.5 Å². The van der Waals surface area contributed by atoms with Gasteiger partial charge in [-0.2, -0.15) is 5.26 Å². The molecule has 0 aliphatic heterocycles. The van der Waals surface area contributed by atoms with Crippen LogP contribution in [-0.4, -0.2) is 10.9 Å². The molecule has 0 spiro atoms. The van der Waals surface area contributed by atoms with Gasteiger partial charge >= 0.3 is 0 Å². The van der Waals surface area contributed by atoms with Gasteiger partial charge in [-0.3, -0.25) is 9.78 Å². The van der Waals surface area contributed by atoms with Crippen molar-refractivity contribution in [3.63, 3.8) is 0 Å². The van der Waals surface area contributed by atoms with E-state index >= 15 is 0 Å². The van der Waals surface area contributed by atoms with E-state index in [2.05, 4.69) is 16.4 Å². The third-order valence-electron chi connectivity index (χ3n) is 3.89. The van der Waals surface area contributed by atoms with Crippen LogP contribution in [0.25, 0.3) is 0 Å². The maximum absolute atomic E-state index is 12.7. The van der Waals surface area contributed by atoms with Gasteiger partial charge in [-0.1, -0.05) is 42.1 Å². The van der Waals surface area contributed by atoms with Crippen LogP contribution in [-0.2, 0) is 6.54 Å². The fourth-order valence-corrected chi connectivity index (χ4v) is 3.50. The molecule has 0 saturated heterocycles. The first-order valence-corrected chi connectivity index (χ1v) is 8.95. The minimum atomic E-state index is -0.160. The molecule has 3 rings (SSSR count). The Bertz CT molecular complexity index is 979. The van der Waals surface area contributed by atoms with Gasteiger partial charge < -0.3 is 5.32 Å². The lowest BCUT2D eigenvalue weighted by Crippen LogP contribution is -2.24. The number of aromatic nitrogens is 1. The highest BCUT2D eigenvalue weighted by Gasteiger charge is 2.13. The molecule has 1 heterocycles. The van der Waals surface area contributed by atoms with Crippen molar-refractivity contribution in [2.45, 2.75) is 23.3 Å². The predicted molar refractivity (Wildman–Crippen MR) is 102 cm³/mol. The molecular weight excluding hydrogens is 342 g/mol. The minimum absolute atomic E-state index is 0.160. The summed E-state index contributed by atoms with van der Waals surface area (Å²) in [7, 11) is 0. The summed E-state index contributed by atoms with van der Waals surface area (Å²) in [5.74, 6) is -0.160. The summed E-state index contributed by atoms with van der Waals surface area (Å²) >= 11 is 1.42. The first-order valence-electron chi connectivity index (χ1n) is 8.13. The number of carbonyl (C=O) groups excluding carboxylic acids is 1. The van der Waals surface area contributed by atoms with Crippen LogP contribution in [0, 0.1) is 18.3 Å². The van der Waals surface area contributed by atoms with Crippen LogP contribution in [0.4, 0.5) is 0 Å². The van der Waals surface area contributed by atoms with Crippen molar-refractivity contribution in [1.29, 1.82) is 5.26 Å². The highest BCUT2D eigenvalue weighted by molar-refractivity contribution is 7.99. The number of carbonyl (C=O) groups is 1. The van der Waals surface area contributed by atoms with E-state index < -0.39 is 0 Å². The number of aryl methyl sites for hydroxylation is 1. The Kier molecular flexibility index (Phi) is 5.67. The zero-order valence-corrected chi connectivity index (χ0v) is 15.1. The van der Waals surface area contributed by atoms with Gasteiger partial charge in [-0.25, -0.2) is 0 Å². The summed E-state index contributed by atoms with van der Waals surface area (Å²) in [4.78, 5) is 18.6. The number of nitriles is 1. The lowest BCUT2D eigenvalue weighted by atomic mass is 10.2. The highest BCUT2D eigenvalue weighted by Crippen LogP contribution is 2.32. The van der Waals surface area contributed by atoms with Gasteiger partial charge in [0.1, 0.15) is 6.07 Å². The third-order valence-corrected chi connectivity index (χ3v) is 5.05. The quantitative estimate of drug-likeness (QED) is 0.736. The van der Waals surface area contributed by atoms with Crippen molar-refractivity contribution in [2.75, 3.05) is 0 Å². The maximum Gasteiger partial charge on any atom is 0.252 e. The smallest absolute Gasteiger partial charge is 0.252 e. The van der Waals surface area contributed by atoms with Crippen LogP contribution in [0.1, 0.15) is 27.2 Å². The summed E-state index contributed by atoms with van der Waals surface area (Å²) in [6, 6.07) is 20.8. The Labute approximate surface area is 156 Å². The van der Waals surface area contributed by atoms with Gasteiger partial charge in [0.25, 0.3) is 5.91 Å². The largest absolute Gasteiger partial charge is 0.346 e. The molecule has 4 nitrogen and oxygen atoms in total. The molecule has 0 unspecified atom stereocenters. The number of hydrogen-bond acceptors (Lipinski definition) is 4. The molecule has 0 aliphatic carbocycles. The number of benzene rings is 2. The SMILES string of the molecule is Cc1cccnc1CNC(=O)c1ccccc1Sc1ccccc1C#N. The molecule has 0 fully saturated rings. The number of pyridine rings is 1. The van der Waals surface area contributed by atoms with E-state index in [-0.39, 0.29) is 5.91 Å². The van der Waals surface area contributed by atoms with Gasteiger partial charge in [-0.15, -0.1) is 0 Å². The van der Waals surface area contributed by atoms with Gasteiger partial charge in [0, 0.05) is 16.0 Å². The fraction of sp³-hybridized carbons (Fsp3) is 0.0952. The molecule has 0 saturated carbocycles. The van der Waals surface area contributed by atoms with Crippen molar-refractivity contribution in [3.8, 4) is 6.07 Å². The number of amides is 1. The van der Waals surface area contributed by atoms with Crippen molar-refractivity contribution in [1.82, 2.24) is 10.3 Å². The molecule has 128 valence electrons. The number of nitrogens with one attached hydrogen (secondary N) is 1. The minimum Gasteiger partial charge on any atom is -0.346 e. The maximum atomic E-state index is 12.7. The van der Waals surface area contributed by atoms with E-state index in [1.54, 1.807) is 18.3 Å². The summed E-state index contributed by atoms with van der Waals surface area (Å²) in [5, 5.41) is 12.2. The number of nitrogens with zero attached hydrogens (tertiary/aromatic N) is 2. The second kappa shape index (κ2) is 8.32. The lowest BCUT2D eigenvalue weighted by molar-refractivity contribution is 0.0947. The Hall–Kier alpha value is -3.10. The normalized spacial score (nSPS) is 10.2. The van der Waals surface area contributed by atoms with E-state index in [1.165, 1.54) is 11.8 Å². The average molecular weight is 359 g/mol. The zero-order chi connectivity index (χ0) is 18.4. The Morgan fingerprint density at radius 3 is 2.58 bits per heavy atom. The third kappa shape index (κ3) is 4.11. The Morgan fingerprint density at radius 2 is 1.81 bits per heavy atom. The standard InChI is InChI=1S/C21H17N3OS/c1-15-7-6-12-23-18(15)14-24-21(25)17-9-3-5-11-20(17)26-19-10-4-2-8-16(19)13-22/h2-12H,14H2,1H3,(H,24,25). The van der Waals surface area contributed by atoms with E-state index in [0.29, 0.717) is 17.7 Å². The summed E-state index contributed by atoms with van der Waals surface area (Å²) in [6.45, 7) is 2.34. The van der Waals surface area contributed by atoms with Crippen molar-refractivity contribution in [2.24, 2.45) is 0 Å². The lowest BCUT2D eigenvalue weighted by Gasteiger charge is -2.11. The monoisotopic (exact) mass is 359 g/mol. The van der Waals surface area contributed by atoms with E-state index in [0.717, 1.165) is 21.0 Å². The first kappa shape index (κ1) is 17.7. The predicted octanol–water partition coefficient (Wildman–Crippen LogP) is 4.34. The van der Waals surface area contributed by atoms with E-state index in [4.69, 9.17) is 0 Å². The van der Waals surface area contributed by atoms with Crippen LogP contribution in [0.2, 0.25) is 0 Å². The van der Waals surface area contributed by atoms with E-state index in [9.17, 15) is 10.1 Å². The molecule has 1 aromatic heterocycles. The number of rotatable bonds is 5. The molecule has 3 aromatic rings. The molecule has 0 bridgehead atoms. The van der Waals surface area contributed by atoms with Crippen molar-refractivity contribution < 1.29 is 4.79 Å². The van der Waals surface area contributed by atoms with Crippen LogP contribution in [0.5, 0.6) is 0 Å². The van der Waals surface area contributed by atoms with Crippen molar-refractivity contribution in [3.05, 3.63) is 89.2 Å². The molecule has 5 heteroatoms. The Balaban J connectivity index is 1.79. The molecule has 0 atom stereocenters. The highest BCUT2D eigenvalue weighted by atomic mass is 32.2. The fourth-order valence-electron chi connectivity index (χ4n) is 2.47. The van der Waals surface area contributed by atoms with Gasteiger partial charge in [-0.05, 0) is 42.8 Å². The van der Waals surface area contributed by atoms with Crippen LogP contribution < -0.4 is 5.32 Å². The molecular formula is C21H17N3OS. The summed E-state index contributed by atoms with van der Waals surface area (Å²) in [6.07, 6.45) is 1.72. The Morgan fingerprint density at radius 1 is 1.08 bits per heavy atom. The second-order valence-corrected chi connectivity index (χ2v) is 6.74. The van der Waals surface area contributed by atoms with Crippen LogP contribution in [0.3, 0.4) is 0 Å². The molecule has 26 heavy (non-hydrogen) atoms. The first-order chi connectivity index (χ1) is 12.7.